The summed E-state index contributed by atoms with van der Waals surface area (Å²) in [6.45, 7) is 5.38. The van der Waals surface area contributed by atoms with Gasteiger partial charge in [0.2, 0.25) is 0 Å². The molecule has 8 nitrogen and oxygen atoms in total. The van der Waals surface area contributed by atoms with Crippen molar-refractivity contribution in [3.8, 4) is 11.3 Å². The van der Waals surface area contributed by atoms with Gasteiger partial charge >= 0.3 is 0 Å². The van der Waals surface area contributed by atoms with Crippen molar-refractivity contribution in [2.24, 2.45) is 5.92 Å². The van der Waals surface area contributed by atoms with Crippen LogP contribution in [0.2, 0.25) is 0 Å². The van der Waals surface area contributed by atoms with E-state index in [4.69, 9.17) is 4.52 Å². The van der Waals surface area contributed by atoms with Gasteiger partial charge in [-0.05, 0) is 50.8 Å². The largest absolute Gasteiger partial charge is 0.361 e. The summed E-state index contributed by atoms with van der Waals surface area (Å²) < 4.78 is 6.65. The highest BCUT2D eigenvalue weighted by Crippen LogP contribution is 2.23. The lowest BCUT2D eigenvalue weighted by atomic mass is 9.96. The average molecular weight is 393 g/mol. The van der Waals surface area contributed by atoms with Gasteiger partial charge in [0.1, 0.15) is 11.3 Å². The summed E-state index contributed by atoms with van der Waals surface area (Å²) in [5.41, 5.74) is 2.74. The molecule has 150 valence electrons. The van der Waals surface area contributed by atoms with Crippen LogP contribution < -0.4 is 5.56 Å². The molecule has 0 aliphatic carbocycles. The van der Waals surface area contributed by atoms with E-state index in [9.17, 15) is 9.59 Å². The highest BCUT2D eigenvalue weighted by molar-refractivity contribution is 5.96. The van der Waals surface area contributed by atoms with E-state index < -0.39 is 0 Å². The number of carbonyl (C=O) groups excluding carboxylic acids is 1. The van der Waals surface area contributed by atoms with Crippen LogP contribution >= 0.6 is 0 Å². The molecule has 0 atom stereocenters. The Kier molecular flexibility index (Phi) is 5.24. The smallest absolute Gasteiger partial charge is 0.266 e. The zero-order valence-corrected chi connectivity index (χ0v) is 16.5. The van der Waals surface area contributed by atoms with E-state index in [2.05, 4.69) is 15.2 Å². The summed E-state index contributed by atoms with van der Waals surface area (Å²) in [6.07, 6.45) is 5.06. The number of likely N-dealkylation sites (tertiary alicyclic amines) is 1. The van der Waals surface area contributed by atoms with Gasteiger partial charge in [-0.1, -0.05) is 5.16 Å². The van der Waals surface area contributed by atoms with Crippen molar-refractivity contribution in [1.29, 1.82) is 0 Å². The van der Waals surface area contributed by atoms with Gasteiger partial charge in [0.05, 0.1) is 11.4 Å². The van der Waals surface area contributed by atoms with Crippen LogP contribution in [0.1, 0.15) is 34.7 Å². The summed E-state index contributed by atoms with van der Waals surface area (Å²) in [7, 11) is 0. The Morgan fingerprint density at radius 1 is 1.14 bits per heavy atom. The highest BCUT2D eigenvalue weighted by atomic mass is 16.5. The van der Waals surface area contributed by atoms with Crippen LogP contribution in [0, 0.1) is 19.8 Å². The van der Waals surface area contributed by atoms with Crippen LogP contribution in [0.4, 0.5) is 0 Å². The first kappa shape index (κ1) is 19.0. The Balaban J connectivity index is 1.42. The SMILES string of the molecule is Cc1noc(C)c1C(=O)N1CCC(Cn2nc(-c3ccncc3)ccc2=O)CC1. The molecule has 4 rings (SSSR count). The fourth-order valence-electron chi connectivity index (χ4n) is 3.77. The predicted octanol–water partition coefficient (Wildman–Crippen LogP) is 2.46. The maximum atomic E-state index is 12.8. The number of aryl methyl sites for hydroxylation is 2. The number of aromatic nitrogens is 4. The number of nitrogens with zero attached hydrogens (tertiary/aromatic N) is 5. The topological polar surface area (TPSA) is 94.1 Å². The first-order chi connectivity index (χ1) is 14.0. The average Bonchev–Trinajstić information content (AvgIpc) is 3.08. The van der Waals surface area contributed by atoms with Gasteiger partial charge in [-0.2, -0.15) is 5.10 Å². The van der Waals surface area contributed by atoms with Gasteiger partial charge < -0.3 is 9.42 Å². The second-order valence-electron chi connectivity index (χ2n) is 7.41. The Morgan fingerprint density at radius 2 is 1.86 bits per heavy atom. The fourth-order valence-corrected chi connectivity index (χ4v) is 3.77. The minimum absolute atomic E-state index is 0.0327. The van der Waals surface area contributed by atoms with Crippen LogP contribution in [0.25, 0.3) is 11.3 Å². The third kappa shape index (κ3) is 3.96. The molecule has 3 aromatic rings. The molecule has 1 fully saturated rings. The monoisotopic (exact) mass is 393 g/mol. The molecule has 0 spiro atoms. The van der Waals surface area contributed by atoms with Gasteiger partial charge in [0.15, 0.2) is 0 Å². The zero-order chi connectivity index (χ0) is 20.4. The van der Waals surface area contributed by atoms with Crippen molar-refractivity contribution in [3.63, 3.8) is 0 Å². The van der Waals surface area contributed by atoms with Crippen LogP contribution in [0.3, 0.4) is 0 Å². The van der Waals surface area contributed by atoms with Crippen molar-refractivity contribution in [3.05, 3.63) is 64.0 Å². The van der Waals surface area contributed by atoms with Crippen LogP contribution in [-0.4, -0.2) is 43.8 Å². The first-order valence-electron chi connectivity index (χ1n) is 9.73. The molecule has 0 bridgehead atoms. The van der Waals surface area contributed by atoms with E-state index in [1.807, 2.05) is 17.0 Å². The van der Waals surface area contributed by atoms with E-state index in [1.54, 1.807) is 38.4 Å². The molecule has 0 radical (unpaired) electrons. The van der Waals surface area contributed by atoms with Gasteiger partial charge in [-0.25, -0.2) is 4.68 Å². The van der Waals surface area contributed by atoms with Gasteiger partial charge in [-0.3, -0.25) is 14.6 Å². The fraction of sp³-hybridized carbons (Fsp3) is 0.381. The van der Waals surface area contributed by atoms with Gasteiger partial charge in [-0.15, -0.1) is 0 Å². The standard InChI is InChI=1S/C21H23N5O3/c1-14-20(15(2)29-24-14)21(28)25-11-7-16(8-12-25)13-26-19(27)4-3-18(23-26)17-5-9-22-10-6-17/h3-6,9-10,16H,7-8,11-13H2,1-2H3. The molecule has 0 N–H and O–H groups in total. The van der Waals surface area contributed by atoms with E-state index >= 15 is 0 Å². The molecule has 0 aromatic carbocycles. The Bertz CT molecular complexity index is 1050. The Morgan fingerprint density at radius 3 is 2.52 bits per heavy atom. The van der Waals surface area contributed by atoms with Crippen LogP contribution in [0.15, 0.2) is 46.0 Å². The van der Waals surface area contributed by atoms with Crippen molar-refractivity contribution in [2.75, 3.05) is 13.1 Å². The second kappa shape index (κ2) is 7.98. The third-order valence-corrected chi connectivity index (χ3v) is 5.42. The number of pyridine rings is 1. The summed E-state index contributed by atoms with van der Waals surface area (Å²) in [4.78, 5) is 30.9. The van der Waals surface area contributed by atoms with Crippen molar-refractivity contribution in [1.82, 2.24) is 24.8 Å². The molecular formula is C21H23N5O3. The molecule has 3 aromatic heterocycles. The second-order valence-corrected chi connectivity index (χ2v) is 7.41. The maximum absolute atomic E-state index is 12.8. The molecule has 8 heteroatoms. The van der Waals surface area contributed by atoms with E-state index in [0.29, 0.717) is 42.6 Å². The zero-order valence-electron chi connectivity index (χ0n) is 16.5. The number of hydrogen-bond donors (Lipinski definition) is 0. The van der Waals surface area contributed by atoms with Crippen LogP contribution in [0.5, 0.6) is 0 Å². The molecule has 0 saturated carbocycles. The molecule has 0 unspecified atom stereocenters. The summed E-state index contributed by atoms with van der Waals surface area (Å²) in [5, 5.41) is 8.40. The molecule has 1 aliphatic rings. The lowest BCUT2D eigenvalue weighted by molar-refractivity contribution is 0.0678. The summed E-state index contributed by atoms with van der Waals surface area (Å²) in [5.74, 6) is 0.814. The number of rotatable bonds is 4. The van der Waals surface area contributed by atoms with E-state index in [-0.39, 0.29) is 11.5 Å². The molecule has 4 heterocycles. The summed E-state index contributed by atoms with van der Waals surface area (Å²) in [6, 6.07) is 7.03. The molecule has 1 amide bonds. The number of carbonyl (C=O) groups is 1. The summed E-state index contributed by atoms with van der Waals surface area (Å²) >= 11 is 0. The predicted molar refractivity (Wildman–Crippen MR) is 106 cm³/mol. The normalized spacial score (nSPS) is 14.9. The number of amides is 1. The highest BCUT2D eigenvalue weighted by Gasteiger charge is 2.28. The molecular weight excluding hydrogens is 370 g/mol. The van der Waals surface area contributed by atoms with E-state index in [0.717, 1.165) is 24.1 Å². The minimum Gasteiger partial charge on any atom is -0.361 e. The Labute approximate surface area is 168 Å². The molecule has 1 aliphatic heterocycles. The quantitative estimate of drug-likeness (QED) is 0.676. The maximum Gasteiger partial charge on any atom is 0.266 e. The minimum atomic E-state index is -0.114. The molecule has 1 saturated heterocycles. The van der Waals surface area contributed by atoms with Crippen molar-refractivity contribution < 1.29 is 9.32 Å². The van der Waals surface area contributed by atoms with Crippen molar-refractivity contribution >= 4 is 5.91 Å². The van der Waals surface area contributed by atoms with Crippen LogP contribution in [-0.2, 0) is 6.54 Å². The van der Waals surface area contributed by atoms with E-state index in [1.165, 1.54) is 4.68 Å². The Hall–Kier alpha value is -3.29. The van der Waals surface area contributed by atoms with Crippen molar-refractivity contribution in [2.45, 2.75) is 33.2 Å². The first-order valence-corrected chi connectivity index (χ1v) is 9.73. The van der Waals surface area contributed by atoms with Gasteiger partial charge in [0, 0.05) is 43.7 Å². The van der Waals surface area contributed by atoms with Gasteiger partial charge in [0.25, 0.3) is 11.5 Å². The molecule has 29 heavy (non-hydrogen) atoms. The lowest BCUT2D eigenvalue weighted by Gasteiger charge is -2.32. The number of piperidine rings is 1. The third-order valence-electron chi connectivity index (χ3n) is 5.42. The number of hydrogen-bond acceptors (Lipinski definition) is 6. The lowest BCUT2D eigenvalue weighted by Crippen LogP contribution is -2.40.